The van der Waals surface area contributed by atoms with Crippen molar-refractivity contribution in [3.8, 4) is 22.9 Å². The van der Waals surface area contributed by atoms with E-state index in [9.17, 15) is 0 Å². The summed E-state index contributed by atoms with van der Waals surface area (Å²) in [6.45, 7) is 5.33. The average molecular weight is 394 g/mol. The first-order valence-corrected chi connectivity index (χ1v) is 9.76. The lowest BCUT2D eigenvalue weighted by Gasteiger charge is -2.32. The lowest BCUT2D eigenvalue weighted by molar-refractivity contribution is -0.909. The van der Waals surface area contributed by atoms with Crippen LogP contribution in [0.3, 0.4) is 0 Å². The van der Waals surface area contributed by atoms with Gasteiger partial charge >= 0.3 is 0 Å². The van der Waals surface area contributed by atoms with Gasteiger partial charge in [-0.25, -0.2) is 0 Å². The summed E-state index contributed by atoms with van der Waals surface area (Å²) in [7, 11) is 3.84. The highest BCUT2D eigenvalue weighted by Gasteiger charge is 2.40. The molecule has 0 fully saturated rings. The van der Waals surface area contributed by atoms with E-state index in [0.717, 1.165) is 41.4 Å². The zero-order valence-corrected chi connectivity index (χ0v) is 17.0. The number of methoxy groups -OCH3 is 1. The van der Waals surface area contributed by atoms with E-state index in [4.69, 9.17) is 14.2 Å². The molecule has 8 nitrogen and oxygen atoms in total. The molecule has 2 aliphatic rings. The number of hydrogen-bond acceptors (Lipinski definition) is 6. The maximum Gasteiger partial charge on any atom is 0.231 e. The Morgan fingerprint density at radius 3 is 2.86 bits per heavy atom. The van der Waals surface area contributed by atoms with E-state index in [1.165, 1.54) is 16.0 Å². The SMILES string of the molecule is COc1c2c(cc3c1[C@H](c1nnnn1-c1ccc(C)cc1C)[NH+](C)CC3)OCO2. The second-order valence-electron chi connectivity index (χ2n) is 7.73. The third-order valence-corrected chi connectivity index (χ3v) is 5.85. The summed E-state index contributed by atoms with van der Waals surface area (Å²) < 4.78 is 19.0. The number of aromatic nitrogens is 4. The molecule has 0 spiro atoms. The Morgan fingerprint density at radius 1 is 1.21 bits per heavy atom. The van der Waals surface area contributed by atoms with E-state index in [1.807, 2.05) is 4.68 Å². The number of nitrogens with one attached hydrogen (secondary N) is 1. The summed E-state index contributed by atoms with van der Waals surface area (Å²) in [4.78, 5) is 1.30. The van der Waals surface area contributed by atoms with Crippen LogP contribution in [0.4, 0.5) is 0 Å². The number of fused-ring (bicyclic) bond motifs is 2. The molecule has 2 aromatic carbocycles. The van der Waals surface area contributed by atoms with Crippen molar-refractivity contribution in [2.24, 2.45) is 0 Å². The summed E-state index contributed by atoms with van der Waals surface area (Å²) in [6.07, 6.45) is 0.926. The highest BCUT2D eigenvalue weighted by molar-refractivity contribution is 5.62. The number of ether oxygens (including phenoxy) is 3. The van der Waals surface area contributed by atoms with Gasteiger partial charge < -0.3 is 19.1 Å². The third kappa shape index (κ3) is 2.74. The van der Waals surface area contributed by atoms with Crippen molar-refractivity contribution in [2.75, 3.05) is 27.5 Å². The van der Waals surface area contributed by atoms with Gasteiger partial charge in [0.15, 0.2) is 17.5 Å². The van der Waals surface area contributed by atoms with E-state index in [0.29, 0.717) is 11.5 Å². The highest BCUT2D eigenvalue weighted by Crippen LogP contribution is 2.48. The predicted molar refractivity (Wildman–Crippen MR) is 105 cm³/mol. The Bertz CT molecular complexity index is 1090. The van der Waals surface area contributed by atoms with E-state index in [-0.39, 0.29) is 12.8 Å². The van der Waals surface area contributed by atoms with Gasteiger partial charge in [0, 0.05) is 6.42 Å². The van der Waals surface area contributed by atoms with Crippen LogP contribution >= 0.6 is 0 Å². The monoisotopic (exact) mass is 394 g/mol. The van der Waals surface area contributed by atoms with Gasteiger partial charge in [0.1, 0.15) is 0 Å². The Kier molecular flexibility index (Phi) is 4.16. The first-order valence-electron chi connectivity index (χ1n) is 9.76. The number of benzene rings is 2. The van der Waals surface area contributed by atoms with Crippen LogP contribution in [0.2, 0.25) is 0 Å². The number of nitrogens with zero attached hydrogens (tertiary/aromatic N) is 4. The van der Waals surface area contributed by atoms with Crippen molar-refractivity contribution in [3.05, 3.63) is 52.3 Å². The van der Waals surface area contributed by atoms with Crippen LogP contribution in [0.25, 0.3) is 5.69 Å². The molecule has 5 rings (SSSR count). The number of hydrogen-bond donors (Lipinski definition) is 1. The van der Waals surface area contributed by atoms with Crippen LogP contribution in [0.15, 0.2) is 24.3 Å². The summed E-state index contributed by atoms with van der Waals surface area (Å²) in [5.41, 5.74) is 5.58. The number of quaternary nitrogens is 1. The molecule has 1 aromatic heterocycles. The van der Waals surface area contributed by atoms with E-state index >= 15 is 0 Å². The molecular formula is C21H24N5O3+. The summed E-state index contributed by atoms with van der Waals surface area (Å²) in [5.74, 6) is 2.91. The summed E-state index contributed by atoms with van der Waals surface area (Å²) in [5, 5.41) is 12.8. The summed E-state index contributed by atoms with van der Waals surface area (Å²) in [6, 6.07) is 8.28. The Balaban J connectivity index is 1.71. The molecule has 0 saturated heterocycles. The van der Waals surface area contributed by atoms with Crippen LogP contribution in [0.5, 0.6) is 17.2 Å². The quantitative estimate of drug-likeness (QED) is 0.719. The first kappa shape index (κ1) is 17.9. The van der Waals surface area contributed by atoms with Gasteiger partial charge in [-0.15, -0.1) is 5.10 Å². The van der Waals surface area contributed by atoms with Gasteiger partial charge in [0.05, 0.1) is 32.0 Å². The molecule has 2 aliphatic heterocycles. The van der Waals surface area contributed by atoms with Gasteiger partial charge in [0.25, 0.3) is 0 Å². The fraction of sp³-hybridized carbons (Fsp3) is 0.381. The minimum Gasteiger partial charge on any atom is -0.492 e. The predicted octanol–water partition coefficient (Wildman–Crippen LogP) is 1.18. The van der Waals surface area contributed by atoms with Crippen molar-refractivity contribution in [1.82, 2.24) is 20.2 Å². The molecular weight excluding hydrogens is 370 g/mol. The van der Waals surface area contributed by atoms with Crippen molar-refractivity contribution in [1.29, 1.82) is 0 Å². The van der Waals surface area contributed by atoms with Gasteiger partial charge in [0.2, 0.25) is 18.4 Å². The molecule has 29 heavy (non-hydrogen) atoms. The van der Waals surface area contributed by atoms with Crippen LogP contribution in [0, 0.1) is 13.8 Å². The molecule has 0 radical (unpaired) electrons. The highest BCUT2D eigenvalue weighted by atomic mass is 16.7. The van der Waals surface area contributed by atoms with Crippen molar-refractivity contribution in [3.63, 3.8) is 0 Å². The topological polar surface area (TPSA) is 75.7 Å². The van der Waals surface area contributed by atoms with Gasteiger partial charge in [-0.05, 0) is 47.5 Å². The smallest absolute Gasteiger partial charge is 0.231 e. The minimum absolute atomic E-state index is 0.0843. The zero-order chi connectivity index (χ0) is 20.1. The fourth-order valence-electron chi connectivity index (χ4n) is 4.46. The fourth-order valence-corrected chi connectivity index (χ4v) is 4.46. The lowest BCUT2D eigenvalue weighted by atomic mass is 9.90. The summed E-state index contributed by atoms with van der Waals surface area (Å²) >= 11 is 0. The maximum atomic E-state index is 5.82. The van der Waals surface area contributed by atoms with Gasteiger partial charge in [-0.1, -0.05) is 17.7 Å². The first-order chi connectivity index (χ1) is 14.1. The third-order valence-electron chi connectivity index (χ3n) is 5.85. The standard InChI is InChI=1S/C21H23N5O3/c1-12-5-6-15(13(2)9-12)26-21(22-23-24-26)18-17-14(7-8-25(18)3)10-16-19(20(17)27-4)29-11-28-16/h5-6,9-10,18H,7-8,11H2,1-4H3/p+1/t18-/m1/s1. The van der Waals surface area contributed by atoms with Crippen LogP contribution < -0.4 is 19.1 Å². The van der Waals surface area contributed by atoms with Crippen molar-refractivity contribution in [2.45, 2.75) is 26.3 Å². The molecule has 0 bridgehead atoms. The zero-order valence-electron chi connectivity index (χ0n) is 17.0. The number of tetrazole rings is 1. The van der Waals surface area contributed by atoms with Crippen LogP contribution in [0.1, 0.15) is 34.1 Å². The molecule has 3 heterocycles. The number of likely N-dealkylation sites (N-methyl/N-ethyl adjacent to an activating group) is 1. The second kappa shape index (κ2) is 6.73. The molecule has 0 saturated carbocycles. The molecule has 0 amide bonds. The average Bonchev–Trinajstić information content (AvgIpc) is 3.36. The Hall–Kier alpha value is -3.13. The molecule has 2 atom stereocenters. The van der Waals surface area contributed by atoms with Gasteiger partial charge in [-0.3, -0.25) is 0 Å². The van der Waals surface area contributed by atoms with E-state index < -0.39 is 0 Å². The maximum absolute atomic E-state index is 5.82. The van der Waals surface area contributed by atoms with Gasteiger partial charge in [-0.2, -0.15) is 4.68 Å². The van der Waals surface area contributed by atoms with Crippen molar-refractivity contribution >= 4 is 0 Å². The second-order valence-corrected chi connectivity index (χ2v) is 7.73. The largest absolute Gasteiger partial charge is 0.492 e. The normalized spacial score (nSPS) is 19.9. The molecule has 0 aliphatic carbocycles. The Labute approximate surface area is 169 Å². The molecule has 8 heteroatoms. The molecule has 1 unspecified atom stereocenters. The van der Waals surface area contributed by atoms with Crippen LogP contribution in [-0.2, 0) is 6.42 Å². The minimum atomic E-state index is -0.0843. The van der Waals surface area contributed by atoms with Crippen molar-refractivity contribution < 1.29 is 19.1 Å². The molecule has 1 N–H and O–H groups in total. The molecule has 3 aromatic rings. The van der Waals surface area contributed by atoms with Crippen LogP contribution in [-0.4, -0.2) is 47.7 Å². The van der Waals surface area contributed by atoms with E-state index in [1.54, 1.807) is 7.11 Å². The molecule has 150 valence electrons. The number of rotatable bonds is 3. The lowest BCUT2D eigenvalue weighted by Crippen LogP contribution is -3.10. The number of aryl methyl sites for hydroxylation is 2. The Morgan fingerprint density at radius 2 is 2.07 bits per heavy atom. The van der Waals surface area contributed by atoms with E-state index in [2.05, 4.69) is 60.7 Å².